The SMILES string of the molecule is COc1cc(CNC(=O)[C@H]2C[C@H](NS(C)(=O)=O)CN2)c(-c2ccc[nH]c2=O)cc1C(C)(C)C. The minimum Gasteiger partial charge on any atom is -0.496 e. The first-order chi connectivity index (χ1) is 15.4. The van der Waals surface area contributed by atoms with E-state index in [4.69, 9.17) is 4.74 Å². The molecule has 1 amide bonds. The van der Waals surface area contributed by atoms with E-state index in [1.165, 1.54) is 0 Å². The normalized spacial score (nSPS) is 18.8. The summed E-state index contributed by atoms with van der Waals surface area (Å²) in [6.45, 7) is 6.77. The first kappa shape index (κ1) is 24.9. The standard InChI is InChI=1S/C23H32N4O5S/c1-23(2,3)18-11-17(16-7-6-8-24-21(16)28)14(9-20(18)32-4)12-26-22(29)19-10-15(13-25-19)27-33(5,30)31/h6-9,11,15,19,25,27H,10,12-13H2,1-5H3,(H,24,28)(H,26,29)/t15-,19+/m0/s1. The fourth-order valence-corrected chi connectivity index (χ4v) is 4.83. The Labute approximate surface area is 194 Å². The number of hydrogen-bond donors (Lipinski definition) is 4. The number of nitrogens with one attached hydrogen (secondary N) is 4. The van der Waals surface area contributed by atoms with Crippen LogP contribution in [0.1, 0.15) is 38.3 Å². The molecule has 10 heteroatoms. The molecule has 1 fully saturated rings. The maximum absolute atomic E-state index is 12.8. The van der Waals surface area contributed by atoms with Crippen LogP contribution in [-0.2, 0) is 26.8 Å². The molecular weight excluding hydrogens is 444 g/mol. The summed E-state index contributed by atoms with van der Waals surface area (Å²) < 4.78 is 31.1. The summed E-state index contributed by atoms with van der Waals surface area (Å²) in [7, 11) is -1.75. The van der Waals surface area contributed by atoms with Crippen LogP contribution in [0.15, 0.2) is 35.3 Å². The highest BCUT2D eigenvalue weighted by atomic mass is 32.2. The molecule has 1 aromatic heterocycles. The van der Waals surface area contributed by atoms with Crippen LogP contribution >= 0.6 is 0 Å². The molecule has 3 rings (SSSR count). The number of benzene rings is 1. The van der Waals surface area contributed by atoms with E-state index in [9.17, 15) is 18.0 Å². The van der Waals surface area contributed by atoms with Crippen molar-refractivity contribution < 1.29 is 17.9 Å². The summed E-state index contributed by atoms with van der Waals surface area (Å²) in [5.41, 5.74) is 2.48. The van der Waals surface area contributed by atoms with Crippen LogP contribution in [0.4, 0.5) is 0 Å². The summed E-state index contributed by atoms with van der Waals surface area (Å²) >= 11 is 0. The van der Waals surface area contributed by atoms with Crippen LogP contribution in [0, 0.1) is 0 Å². The van der Waals surface area contributed by atoms with Crippen molar-refractivity contribution in [2.45, 2.75) is 51.2 Å². The smallest absolute Gasteiger partial charge is 0.255 e. The van der Waals surface area contributed by atoms with E-state index in [0.29, 0.717) is 24.3 Å². The molecule has 2 aromatic rings. The van der Waals surface area contributed by atoms with Gasteiger partial charge in [0.05, 0.1) is 19.4 Å². The zero-order valence-electron chi connectivity index (χ0n) is 19.6. The lowest BCUT2D eigenvalue weighted by Gasteiger charge is -2.25. The van der Waals surface area contributed by atoms with Gasteiger partial charge in [0.1, 0.15) is 5.75 Å². The van der Waals surface area contributed by atoms with E-state index in [-0.39, 0.29) is 29.5 Å². The molecule has 1 aliphatic heterocycles. The molecule has 1 aliphatic rings. The van der Waals surface area contributed by atoms with Crippen molar-refractivity contribution >= 4 is 15.9 Å². The number of hydrogen-bond acceptors (Lipinski definition) is 6. The lowest BCUT2D eigenvalue weighted by Crippen LogP contribution is -2.40. The predicted molar refractivity (Wildman–Crippen MR) is 128 cm³/mol. The number of rotatable bonds is 7. The topological polar surface area (TPSA) is 129 Å². The zero-order valence-corrected chi connectivity index (χ0v) is 20.4. The molecule has 1 aromatic carbocycles. The van der Waals surface area contributed by atoms with E-state index in [0.717, 1.165) is 22.9 Å². The Morgan fingerprint density at radius 2 is 1.97 bits per heavy atom. The average molecular weight is 477 g/mol. The van der Waals surface area contributed by atoms with Crippen molar-refractivity contribution in [2.75, 3.05) is 19.9 Å². The van der Waals surface area contributed by atoms with Crippen molar-refractivity contribution in [3.8, 4) is 16.9 Å². The van der Waals surface area contributed by atoms with Crippen molar-refractivity contribution in [3.05, 3.63) is 51.9 Å². The van der Waals surface area contributed by atoms with Gasteiger partial charge < -0.3 is 20.4 Å². The molecular formula is C23H32N4O5S. The van der Waals surface area contributed by atoms with Crippen molar-refractivity contribution in [3.63, 3.8) is 0 Å². The van der Waals surface area contributed by atoms with Gasteiger partial charge in [-0.3, -0.25) is 9.59 Å². The number of pyridine rings is 1. The molecule has 33 heavy (non-hydrogen) atoms. The molecule has 4 N–H and O–H groups in total. The van der Waals surface area contributed by atoms with E-state index >= 15 is 0 Å². The number of carbonyl (C=O) groups excluding carboxylic acids is 1. The Hall–Kier alpha value is -2.69. The fraction of sp³-hybridized carbons (Fsp3) is 0.478. The predicted octanol–water partition coefficient (Wildman–Crippen LogP) is 1.24. The van der Waals surface area contributed by atoms with E-state index in [1.54, 1.807) is 25.4 Å². The molecule has 9 nitrogen and oxygen atoms in total. The Morgan fingerprint density at radius 1 is 1.24 bits per heavy atom. The summed E-state index contributed by atoms with van der Waals surface area (Å²) in [4.78, 5) is 28.0. The van der Waals surface area contributed by atoms with Gasteiger partial charge in [0.15, 0.2) is 0 Å². The van der Waals surface area contributed by atoms with Crippen molar-refractivity contribution in [1.29, 1.82) is 0 Å². The fourth-order valence-electron chi connectivity index (χ4n) is 4.04. The monoisotopic (exact) mass is 476 g/mol. The third-order valence-corrected chi connectivity index (χ3v) is 6.38. The Kier molecular flexibility index (Phi) is 7.30. The van der Waals surface area contributed by atoms with Gasteiger partial charge >= 0.3 is 0 Å². The number of H-pyrrole nitrogens is 1. The maximum Gasteiger partial charge on any atom is 0.255 e. The molecule has 0 bridgehead atoms. The van der Waals surface area contributed by atoms with Gasteiger partial charge in [-0.25, -0.2) is 13.1 Å². The van der Waals surface area contributed by atoms with Gasteiger partial charge in [-0.2, -0.15) is 0 Å². The van der Waals surface area contributed by atoms with Gasteiger partial charge in [-0.15, -0.1) is 0 Å². The quantitative estimate of drug-likeness (QED) is 0.476. The summed E-state index contributed by atoms with van der Waals surface area (Å²) in [6, 6.07) is 6.48. The van der Waals surface area contributed by atoms with Gasteiger partial charge in [0.2, 0.25) is 15.9 Å². The maximum atomic E-state index is 12.8. The second-order valence-corrected chi connectivity index (χ2v) is 11.2. The second-order valence-electron chi connectivity index (χ2n) is 9.37. The number of methoxy groups -OCH3 is 1. The minimum absolute atomic E-state index is 0.186. The molecule has 1 saturated heterocycles. The Morgan fingerprint density at radius 3 is 2.58 bits per heavy atom. The minimum atomic E-state index is -3.34. The van der Waals surface area contributed by atoms with Crippen LogP contribution in [0.2, 0.25) is 0 Å². The second kappa shape index (κ2) is 9.66. The lowest BCUT2D eigenvalue weighted by molar-refractivity contribution is -0.122. The Bertz CT molecular complexity index is 1180. The molecule has 0 aliphatic carbocycles. The molecule has 0 spiro atoms. The van der Waals surface area contributed by atoms with Crippen LogP contribution < -0.4 is 25.7 Å². The van der Waals surface area contributed by atoms with Crippen LogP contribution in [0.25, 0.3) is 11.1 Å². The molecule has 0 unspecified atom stereocenters. The van der Waals surface area contributed by atoms with Crippen LogP contribution in [-0.4, -0.2) is 51.3 Å². The largest absolute Gasteiger partial charge is 0.496 e. The molecule has 0 radical (unpaired) electrons. The third kappa shape index (κ3) is 6.21. The number of aromatic amines is 1. The Balaban J connectivity index is 1.87. The molecule has 2 heterocycles. The summed E-state index contributed by atoms with van der Waals surface area (Å²) in [5, 5.41) is 5.97. The average Bonchev–Trinajstić information content (AvgIpc) is 3.18. The first-order valence-corrected chi connectivity index (χ1v) is 12.7. The molecule has 180 valence electrons. The number of amides is 1. The van der Waals surface area contributed by atoms with Gasteiger partial charge in [0, 0.05) is 36.5 Å². The number of sulfonamides is 1. The molecule has 0 saturated carbocycles. The lowest BCUT2D eigenvalue weighted by atomic mass is 9.83. The number of aromatic nitrogens is 1. The first-order valence-electron chi connectivity index (χ1n) is 10.8. The van der Waals surface area contributed by atoms with Crippen LogP contribution in [0.5, 0.6) is 5.75 Å². The van der Waals surface area contributed by atoms with Gasteiger partial charge in [-0.1, -0.05) is 20.8 Å². The van der Waals surface area contributed by atoms with E-state index in [1.807, 2.05) is 12.1 Å². The summed E-state index contributed by atoms with van der Waals surface area (Å²) in [6.07, 6.45) is 3.03. The van der Waals surface area contributed by atoms with Crippen molar-refractivity contribution in [1.82, 2.24) is 20.3 Å². The summed E-state index contributed by atoms with van der Waals surface area (Å²) in [5.74, 6) is 0.443. The van der Waals surface area contributed by atoms with Crippen molar-refractivity contribution in [2.24, 2.45) is 0 Å². The highest BCUT2D eigenvalue weighted by Crippen LogP contribution is 2.36. The molecule has 2 atom stereocenters. The zero-order chi connectivity index (χ0) is 24.4. The van der Waals surface area contributed by atoms with E-state index < -0.39 is 16.1 Å². The van der Waals surface area contributed by atoms with Crippen LogP contribution in [0.3, 0.4) is 0 Å². The van der Waals surface area contributed by atoms with Gasteiger partial charge in [-0.05, 0) is 47.2 Å². The third-order valence-electron chi connectivity index (χ3n) is 5.62. The highest BCUT2D eigenvalue weighted by molar-refractivity contribution is 7.88. The number of ether oxygens (including phenoxy) is 1. The van der Waals surface area contributed by atoms with Gasteiger partial charge in [0.25, 0.3) is 5.56 Å². The number of carbonyl (C=O) groups is 1. The highest BCUT2D eigenvalue weighted by Gasteiger charge is 2.31. The van der Waals surface area contributed by atoms with E-state index in [2.05, 4.69) is 41.1 Å².